The lowest BCUT2D eigenvalue weighted by atomic mass is 10.2. The van der Waals surface area contributed by atoms with Gasteiger partial charge >= 0.3 is 0 Å². The highest BCUT2D eigenvalue weighted by molar-refractivity contribution is 7.80. The second-order valence-electron chi connectivity index (χ2n) is 5.15. The van der Waals surface area contributed by atoms with Crippen LogP contribution < -0.4 is 10.6 Å². The molecule has 0 radical (unpaired) electrons. The van der Waals surface area contributed by atoms with Crippen molar-refractivity contribution in [3.8, 4) is 0 Å². The van der Waals surface area contributed by atoms with E-state index in [-0.39, 0.29) is 0 Å². The molecule has 0 aromatic heterocycles. The minimum atomic E-state index is 0.760. The van der Waals surface area contributed by atoms with Gasteiger partial charge in [0.1, 0.15) is 0 Å². The Morgan fingerprint density at radius 3 is 2.63 bits per heavy atom. The standard InChI is InChI=1S/C14H29N3OS/c1-3-18-12-6-9-15-14(19)16-10-11-17(2)13-7-4-5-8-13/h13H,3-12H2,1-2H3,(H2,15,16,19). The predicted molar refractivity (Wildman–Crippen MR) is 84.6 cm³/mol. The fraction of sp³-hybridized carbons (Fsp3) is 0.929. The fourth-order valence-electron chi connectivity index (χ4n) is 2.46. The number of ether oxygens (including phenoxy) is 1. The Balaban J connectivity index is 1.94. The van der Waals surface area contributed by atoms with Gasteiger partial charge in [-0.05, 0) is 45.5 Å². The van der Waals surface area contributed by atoms with Gasteiger partial charge in [-0.25, -0.2) is 0 Å². The summed E-state index contributed by atoms with van der Waals surface area (Å²) in [5, 5.41) is 7.23. The quantitative estimate of drug-likeness (QED) is 0.499. The van der Waals surface area contributed by atoms with E-state index in [0.29, 0.717) is 0 Å². The molecule has 19 heavy (non-hydrogen) atoms. The predicted octanol–water partition coefficient (Wildman–Crippen LogP) is 1.75. The van der Waals surface area contributed by atoms with E-state index in [1.165, 1.54) is 25.7 Å². The summed E-state index contributed by atoms with van der Waals surface area (Å²) in [5.74, 6) is 0. The molecule has 5 heteroatoms. The van der Waals surface area contributed by atoms with Gasteiger partial charge in [-0.3, -0.25) is 0 Å². The van der Waals surface area contributed by atoms with Crippen molar-refractivity contribution in [2.24, 2.45) is 0 Å². The zero-order valence-electron chi connectivity index (χ0n) is 12.4. The number of hydrogen-bond donors (Lipinski definition) is 2. The van der Waals surface area contributed by atoms with E-state index in [1.807, 2.05) is 6.92 Å². The normalized spacial score (nSPS) is 15.9. The minimum absolute atomic E-state index is 0.760. The Morgan fingerprint density at radius 2 is 1.95 bits per heavy atom. The Kier molecular flexibility index (Phi) is 9.12. The van der Waals surface area contributed by atoms with Crippen molar-refractivity contribution in [2.75, 3.05) is 39.9 Å². The van der Waals surface area contributed by atoms with Crippen LogP contribution in [0.4, 0.5) is 0 Å². The SMILES string of the molecule is CCOCCCNC(=S)NCCN(C)C1CCCC1. The Morgan fingerprint density at radius 1 is 1.26 bits per heavy atom. The van der Waals surface area contributed by atoms with Crippen molar-refractivity contribution in [3.63, 3.8) is 0 Å². The van der Waals surface area contributed by atoms with Gasteiger partial charge in [0.25, 0.3) is 0 Å². The molecule has 0 unspecified atom stereocenters. The molecule has 2 N–H and O–H groups in total. The molecule has 0 aromatic carbocycles. The smallest absolute Gasteiger partial charge is 0.166 e. The van der Waals surface area contributed by atoms with E-state index in [1.54, 1.807) is 0 Å². The van der Waals surface area contributed by atoms with Gasteiger partial charge in [-0.15, -0.1) is 0 Å². The topological polar surface area (TPSA) is 36.5 Å². The van der Waals surface area contributed by atoms with Gasteiger partial charge in [0.2, 0.25) is 0 Å². The molecule has 0 saturated heterocycles. The van der Waals surface area contributed by atoms with Crippen LogP contribution in [0.25, 0.3) is 0 Å². The zero-order valence-corrected chi connectivity index (χ0v) is 13.2. The summed E-state index contributed by atoms with van der Waals surface area (Å²) >= 11 is 5.24. The highest BCUT2D eigenvalue weighted by Crippen LogP contribution is 2.21. The molecular weight excluding hydrogens is 258 g/mol. The molecule has 0 amide bonds. The third-order valence-corrected chi connectivity index (χ3v) is 3.94. The molecular formula is C14H29N3OS. The van der Waals surface area contributed by atoms with E-state index < -0.39 is 0 Å². The number of rotatable bonds is 9. The van der Waals surface area contributed by atoms with Crippen LogP contribution in [0.2, 0.25) is 0 Å². The molecule has 0 aliphatic heterocycles. The van der Waals surface area contributed by atoms with E-state index >= 15 is 0 Å². The molecule has 1 fully saturated rings. The molecule has 1 saturated carbocycles. The van der Waals surface area contributed by atoms with Gasteiger partial charge in [0, 0.05) is 38.9 Å². The fourth-order valence-corrected chi connectivity index (χ4v) is 2.66. The van der Waals surface area contributed by atoms with Crippen molar-refractivity contribution >= 4 is 17.3 Å². The average molecular weight is 287 g/mol. The first-order chi connectivity index (χ1) is 9.24. The number of thiocarbonyl (C=S) groups is 1. The van der Waals surface area contributed by atoms with E-state index in [2.05, 4.69) is 22.6 Å². The van der Waals surface area contributed by atoms with Crippen LogP contribution in [0, 0.1) is 0 Å². The zero-order chi connectivity index (χ0) is 13.9. The summed E-state index contributed by atoms with van der Waals surface area (Å²) in [5.41, 5.74) is 0. The maximum Gasteiger partial charge on any atom is 0.166 e. The second kappa shape index (κ2) is 10.4. The first-order valence-electron chi connectivity index (χ1n) is 7.53. The van der Waals surface area contributed by atoms with E-state index in [0.717, 1.165) is 50.4 Å². The van der Waals surface area contributed by atoms with Crippen molar-refractivity contribution in [2.45, 2.75) is 45.1 Å². The summed E-state index contributed by atoms with van der Waals surface area (Å²) in [6.45, 7) is 6.47. The highest BCUT2D eigenvalue weighted by Gasteiger charge is 2.18. The number of hydrogen-bond acceptors (Lipinski definition) is 3. The van der Waals surface area contributed by atoms with E-state index in [4.69, 9.17) is 17.0 Å². The minimum Gasteiger partial charge on any atom is -0.382 e. The summed E-state index contributed by atoms with van der Waals surface area (Å²) in [6, 6.07) is 0.787. The lowest BCUT2D eigenvalue weighted by Gasteiger charge is -2.24. The monoisotopic (exact) mass is 287 g/mol. The third kappa shape index (κ3) is 7.70. The summed E-state index contributed by atoms with van der Waals surface area (Å²) in [6.07, 6.45) is 6.50. The van der Waals surface area contributed by atoms with Crippen LogP contribution in [-0.2, 0) is 4.74 Å². The number of likely N-dealkylation sites (N-methyl/N-ethyl adjacent to an activating group) is 1. The molecule has 0 heterocycles. The Labute approximate surface area is 123 Å². The Bertz CT molecular complexity index is 245. The summed E-state index contributed by atoms with van der Waals surface area (Å²) in [7, 11) is 2.22. The van der Waals surface area contributed by atoms with Crippen LogP contribution in [0.1, 0.15) is 39.0 Å². The first-order valence-corrected chi connectivity index (χ1v) is 7.94. The molecule has 112 valence electrons. The lowest BCUT2D eigenvalue weighted by molar-refractivity contribution is 0.145. The number of nitrogens with one attached hydrogen (secondary N) is 2. The Hall–Kier alpha value is -0.390. The maximum absolute atomic E-state index is 5.27. The molecule has 4 nitrogen and oxygen atoms in total. The molecule has 1 rings (SSSR count). The van der Waals surface area contributed by atoms with Gasteiger partial charge in [0.15, 0.2) is 5.11 Å². The van der Waals surface area contributed by atoms with Gasteiger partial charge in [0.05, 0.1) is 0 Å². The lowest BCUT2D eigenvalue weighted by Crippen LogP contribution is -2.41. The second-order valence-corrected chi connectivity index (χ2v) is 5.56. The summed E-state index contributed by atoms with van der Waals surface area (Å²) in [4.78, 5) is 2.46. The average Bonchev–Trinajstić information content (AvgIpc) is 2.92. The van der Waals surface area contributed by atoms with Gasteiger partial charge in [-0.1, -0.05) is 12.8 Å². The van der Waals surface area contributed by atoms with Crippen LogP contribution in [0.15, 0.2) is 0 Å². The third-order valence-electron chi connectivity index (χ3n) is 3.65. The molecule has 0 aromatic rings. The molecule has 0 spiro atoms. The molecule has 0 bridgehead atoms. The van der Waals surface area contributed by atoms with E-state index in [9.17, 15) is 0 Å². The van der Waals surface area contributed by atoms with Crippen molar-refractivity contribution in [3.05, 3.63) is 0 Å². The maximum atomic E-state index is 5.27. The molecule has 0 atom stereocenters. The van der Waals surface area contributed by atoms with Gasteiger partial charge in [-0.2, -0.15) is 0 Å². The largest absolute Gasteiger partial charge is 0.382 e. The summed E-state index contributed by atoms with van der Waals surface area (Å²) < 4.78 is 5.27. The van der Waals surface area contributed by atoms with Crippen LogP contribution in [-0.4, -0.2) is 55.9 Å². The van der Waals surface area contributed by atoms with Crippen molar-refractivity contribution < 1.29 is 4.74 Å². The van der Waals surface area contributed by atoms with Crippen molar-refractivity contribution in [1.29, 1.82) is 0 Å². The van der Waals surface area contributed by atoms with Crippen LogP contribution in [0.5, 0.6) is 0 Å². The molecule has 1 aliphatic carbocycles. The van der Waals surface area contributed by atoms with Crippen molar-refractivity contribution in [1.82, 2.24) is 15.5 Å². The van der Waals surface area contributed by atoms with Gasteiger partial charge < -0.3 is 20.3 Å². The first kappa shape index (κ1) is 16.7. The molecule has 1 aliphatic rings. The van der Waals surface area contributed by atoms with Crippen LogP contribution >= 0.6 is 12.2 Å². The number of nitrogens with zero attached hydrogens (tertiary/aromatic N) is 1. The highest BCUT2D eigenvalue weighted by atomic mass is 32.1. The van der Waals surface area contributed by atoms with Crippen LogP contribution in [0.3, 0.4) is 0 Å².